The Hall–Kier alpha value is -0.830. The van der Waals surface area contributed by atoms with Crippen LogP contribution in [0.25, 0.3) is 0 Å². The van der Waals surface area contributed by atoms with Crippen LogP contribution in [0.2, 0.25) is 0 Å². The molecule has 1 saturated carbocycles. The maximum Gasteiger partial charge on any atom is 0.225 e. The van der Waals surface area contributed by atoms with Crippen molar-refractivity contribution in [3.8, 4) is 0 Å². The molecule has 1 rings (SSSR count). The normalized spacial score (nSPS) is 32.3. The first-order chi connectivity index (χ1) is 6.58. The van der Waals surface area contributed by atoms with Gasteiger partial charge in [-0.05, 0) is 19.8 Å². The van der Waals surface area contributed by atoms with Crippen LogP contribution in [-0.4, -0.2) is 18.0 Å². The quantitative estimate of drug-likeness (QED) is 0.666. The minimum absolute atomic E-state index is 0.0313. The van der Waals surface area contributed by atoms with Crippen molar-refractivity contribution in [1.82, 2.24) is 5.32 Å². The lowest BCUT2D eigenvalue weighted by Crippen LogP contribution is -2.52. The van der Waals surface area contributed by atoms with E-state index in [2.05, 4.69) is 11.9 Å². The van der Waals surface area contributed by atoms with Crippen molar-refractivity contribution in [3.05, 3.63) is 12.7 Å². The minimum Gasteiger partial charge on any atom is -0.352 e. The smallest absolute Gasteiger partial charge is 0.225 e. The van der Waals surface area contributed by atoms with Gasteiger partial charge in [0.25, 0.3) is 0 Å². The third kappa shape index (κ3) is 2.58. The van der Waals surface area contributed by atoms with Gasteiger partial charge in [-0.2, -0.15) is 0 Å². The third-order valence-corrected chi connectivity index (χ3v) is 2.99. The van der Waals surface area contributed by atoms with E-state index in [4.69, 9.17) is 5.73 Å². The first kappa shape index (κ1) is 11.2. The zero-order valence-electron chi connectivity index (χ0n) is 8.88. The minimum atomic E-state index is -0.330. The van der Waals surface area contributed by atoms with Crippen molar-refractivity contribution in [2.45, 2.75) is 38.1 Å². The molecule has 0 aromatic carbocycles. The standard InChI is InChI=1S/C11H20N2O/c1-3-8-13-10(14)9-6-4-5-7-11(9,2)12/h3,9H,1,4-8,12H2,2H3,(H,13,14). The molecule has 0 spiro atoms. The fourth-order valence-corrected chi connectivity index (χ4v) is 2.08. The lowest BCUT2D eigenvalue weighted by Gasteiger charge is -2.37. The first-order valence-electron chi connectivity index (χ1n) is 5.25. The summed E-state index contributed by atoms with van der Waals surface area (Å²) in [6, 6.07) is 0. The van der Waals surface area contributed by atoms with Gasteiger partial charge in [-0.25, -0.2) is 0 Å². The molecule has 3 heteroatoms. The molecular weight excluding hydrogens is 176 g/mol. The summed E-state index contributed by atoms with van der Waals surface area (Å²) in [6.45, 7) is 6.08. The van der Waals surface area contributed by atoms with E-state index in [9.17, 15) is 4.79 Å². The van der Waals surface area contributed by atoms with E-state index in [1.807, 2.05) is 6.92 Å². The van der Waals surface area contributed by atoms with Gasteiger partial charge < -0.3 is 11.1 Å². The molecule has 0 radical (unpaired) electrons. The molecule has 2 atom stereocenters. The number of carbonyl (C=O) groups excluding carboxylic acids is 1. The van der Waals surface area contributed by atoms with E-state index in [0.717, 1.165) is 25.7 Å². The van der Waals surface area contributed by atoms with Crippen LogP contribution < -0.4 is 11.1 Å². The van der Waals surface area contributed by atoms with Gasteiger partial charge in [0, 0.05) is 12.1 Å². The molecule has 0 aliphatic heterocycles. The Balaban J connectivity index is 2.55. The summed E-state index contributed by atoms with van der Waals surface area (Å²) in [7, 11) is 0. The molecular formula is C11H20N2O. The van der Waals surface area contributed by atoms with Crippen LogP contribution in [0.4, 0.5) is 0 Å². The summed E-state index contributed by atoms with van der Waals surface area (Å²) in [4.78, 5) is 11.7. The molecule has 0 heterocycles. The summed E-state index contributed by atoms with van der Waals surface area (Å²) in [5, 5.41) is 2.82. The van der Waals surface area contributed by atoms with Crippen molar-refractivity contribution < 1.29 is 4.79 Å². The van der Waals surface area contributed by atoms with E-state index in [-0.39, 0.29) is 17.4 Å². The van der Waals surface area contributed by atoms with Crippen molar-refractivity contribution in [2.24, 2.45) is 11.7 Å². The molecule has 1 aliphatic rings. The number of rotatable bonds is 3. The molecule has 0 aromatic rings. The topological polar surface area (TPSA) is 55.1 Å². The van der Waals surface area contributed by atoms with Gasteiger partial charge in [-0.3, -0.25) is 4.79 Å². The molecule has 3 N–H and O–H groups in total. The van der Waals surface area contributed by atoms with Crippen molar-refractivity contribution >= 4 is 5.91 Å². The van der Waals surface area contributed by atoms with E-state index in [1.54, 1.807) is 6.08 Å². The van der Waals surface area contributed by atoms with Crippen LogP contribution in [0.1, 0.15) is 32.6 Å². The van der Waals surface area contributed by atoms with E-state index in [0.29, 0.717) is 6.54 Å². The summed E-state index contributed by atoms with van der Waals surface area (Å²) in [5.41, 5.74) is 5.78. The highest BCUT2D eigenvalue weighted by Gasteiger charge is 2.37. The fraction of sp³-hybridized carbons (Fsp3) is 0.727. The van der Waals surface area contributed by atoms with Gasteiger partial charge in [0.2, 0.25) is 5.91 Å². The van der Waals surface area contributed by atoms with Crippen LogP contribution in [0, 0.1) is 5.92 Å². The second-order valence-electron chi connectivity index (χ2n) is 4.34. The average molecular weight is 196 g/mol. The molecule has 0 aromatic heterocycles. The van der Waals surface area contributed by atoms with Gasteiger partial charge in [0.15, 0.2) is 0 Å². The highest BCUT2D eigenvalue weighted by molar-refractivity contribution is 5.80. The van der Waals surface area contributed by atoms with E-state index >= 15 is 0 Å². The van der Waals surface area contributed by atoms with Crippen molar-refractivity contribution in [3.63, 3.8) is 0 Å². The zero-order valence-corrected chi connectivity index (χ0v) is 8.88. The van der Waals surface area contributed by atoms with Gasteiger partial charge in [0.05, 0.1) is 5.92 Å². The fourth-order valence-electron chi connectivity index (χ4n) is 2.08. The SMILES string of the molecule is C=CCNC(=O)C1CCCCC1(C)N. The molecule has 0 saturated heterocycles. The summed E-state index contributed by atoms with van der Waals surface area (Å²) >= 11 is 0. The predicted octanol–water partition coefficient (Wildman–Crippen LogP) is 1.20. The summed E-state index contributed by atoms with van der Waals surface area (Å²) in [6.07, 6.45) is 5.79. The Bertz CT molecular complexity index is 223. The molecule has 1 amide bonds. The van der Waals surface area contributed by atoms with Crippen LogP contribution in [0.3, 0.4) is 0 Å². The van der Waals surface area contributed by atoms with E-state index in [1.165, 1.54) is 0 Å². The van der Waals surface area contributed by atoms with Gasteiger partial charge in [-0.1, -0.05) is 18.9 Å². The lowest BCUT2D eigenvalue weighted by atomic mass is 9.74. The number of carbonyl (C=O) groups is 1. The largest absolute Gasteiger partial charge is 0.352 e. The van der Waals surface area contributed by atoms with Crippen LogP contribution in [0.5, 0.6) is 0 Å². The predicted molar refractivity (Wildman–Crippen MR) is 57.8 cm³/mol. The second-order valence-corrected chi connectivity index (χ2v) is 4.34. The van der Waals surface area contributed by atoms with Gasteiger partial charge >= 0.3 is 0 Å². The van der Waals surface area contributed by atoms with Crippen LogP contribution in [0.15, 0.2) is 12.7 Å². The van der Waals surface area contributed by atoms with Crippen LogP contribution in [-0.2, 0) is 4.79 Å². The molecule has 0 bridgehead atoms. The molecule has 3 nitrogen and oxygen atoms in total. The average Bonchev–Trinajstić information content (AvgIpc) is 2.13. The second kappa shape index (κ2) is 4.60. The molecule has 80 valence electrons. The Morgan fingerprint density at radius 2 is 2.43 bits per heavy atom. The molecule has 1 fully saturated rings. The monoisotopic (exact) mass is 196 g/mol. The van der Waals surface area contributed by atoms with Gasteiger partial charge in [0.1, 0.15) is 0 Å². The first-order valence-corrected chi connectivity index (χ1v) is 5.25. The number of hydrogen-bond acceptors (Lipinski definition) is 2. The third-order valence-electron chi connectivity index (χ3n) is 2.99. The highest BCUT2D eigenvalue weighted by atomic mass is 16.1. The Labute approximate surface area is 85.7 Å². The Morgan fingerprint density at radius 3 is 3.00 bits per heavy atom. The summed E-state index contributed by atoms with van der Waals surface area (Å²) < 4.78 is 0. The van der Waals surface area contributed by atoms with Gasteiger partial charge in [-0.15, -0.1) is 6.58 Å². The maximum absolute atomic E-state index is 11.7. The highest BCUT2D eigenvalue weighted by Crippen LogP contribution is 2.31. The Kier molecular flexibility index (Phi) is 3.69. The number of nitrogens with one attached hydrogen (secondary N) is 1. The maximum atomic E-state index is 11.7. The van der Waals surface area contributed by atoms with E-state index < -0.39 is 0 Å². The molecule has 2 unspecified atom stereocenters. The lowest BCUT2D eigenvalue weighted by molar-refractivity contribution is -0.127. The van der Waals surface area contributed by atoms with Crippen LogP contribution >= 0.6 is 0 Å². The zero-order chi connectivity index (χ0) is 10.6. The Morgan fingerprint density at radius 1 is 1.71 bits per heavy atom. The molecule has 14 heavy (non-hydrogen) atoms. The van der Waals surface area contributed by atoms with Crippen molar-refractivity contribution in [1.29, 1.82) is 0 Å². The van der Waals surface area contributed by atoms with Crippen molar-refractivity contribution in [2.75, 3.05) is 6.54 Å². The molecule has 1 aliphatic carbocycles. The number of nitrogens with two attached hydrogens (primary N) is 1. The summed E-state index contributed by atoms with van der Waals surface area (Å²) in [5.74, 6) is 0.0470. The number of hydrogen-bond donors (Lipinski definition) is 2. The number of amides is 1.